The van der Waals surface area contributed by atoms with Crippen molar-refractivity contribution in [2.45, 2.75) is 19.3 Å². The van der Waals surface area contributed by atoms with E-state index in [1.807, 2.05) is 0 Å². The average Bonchev–Trinajstić information content (AvgIpc) is 4.34. The monoisotopic (exact) mass is 1000 g/mol. The van der Waals surface area contributed by atoms with Gasteiger partial charge in [0.15, 0.2) is 0 Å². The van der Waals surface area contributed by atoms with Crippen LogP contribution in [0.2, 0.25) is 0 Å². The topological polar surface area (TPSA) is 9.86 Å². The lowest BCUT2D eigenvalue weighted by Gasteiger charge is -2.34. The van der Waals surface area contributed by atoms with Crippen molar-refractivity contribution in [2.75, 3.05) is 0 Å². The predicted molar refractivity (Wildman–Crippen MR) is 333 cm³/mol. The van der Waals surface area contributed by atoms with Crippen molar-refractivity contribution in [1.29, 1.82) is 0 Å². The first-order valence-electron chi connectivity index (χ1n) is 27.6. The molecule has 79 heavy (non-hydrogen) atoms. The Balaban J connectivity index is 1.02. The number of aryl methyl sites for hydroxylation is 2. The van der Waals surface area contributed by atoms with E-state index >= 15 is 0 Å². The van der Waals surface area contributed by atoms with Crippen LogP contribution in [0.5, 0.6) is 0 Å². The van der Waals surface area contributed by atoms with Gasteiger partial charge in [-0.25, -0.2) is 0 Å². The summed E-state index contributed by atoms with van der Waals surface area (Å²) in [4.78, 5) is 0. The first-order chi connectivity index (χ1) is 39.0. The maximum Gasteiger partial charge on any atom is 0.0713 e. The van der Waals surface area contributed by atoms with Gasteiger partial charge in [0, 0.05) is 32.9 Å². The number of para-hydroxylation sites is 4. The molecule has 16 rings (SSSR count). The molecular formula is C77H52N2. The van der Waals surface area contributed by atoms with E-state index in [2.05, 4.69) is 302 Å². The third-order valence-corrected chi connectivity index (χ3v) is 17.3. The molecule has 370 valence electrons. The molecule has 0 bridgehead atoms. The lowest BCUT2D eigenvalue weighted by Crippen LogP contribution is -2.28. The third-order valence-electron chi connectivity index (χ3n) is 17.3. The smallest absolute Gasteiger partial charge is 0.0713 e. The molecule has 0 spiro atoms. The highest BCUT2D eigenvalue weighted by atomic mass is 15.0. The van der Waals surface area contributed by atoms with Gasteiger partial charge in [-0.3, -0.25) is 0 Å². The summed E-state index contributed by atoms with van der Waals surface area (Å²) in [6, 6.07) is 105. The highest BCUT2D eigenvalue weighted by Gasteiger charge is 2.47. The molecule has 13 aromatic carbocycles. The van der Waals surface area contributed by atoms with Gasteiger partial charge in [0.2, 0.25) is 0 Å². The summed E-state index contributed by atoms with van der Waals surface area (Å²) >= 11 is 0. The Kier molecular flexibility index (Phi) is 10.0. The van der Waals surface area contributed by atoms with Crippen LogP contribution in [0, 0.1) is 13.8 Å². The lowest BCUT2D eigenvalue weighted by molar-refractivity contribution is 0.767. The Morgan fingerprint density at radius 3 is 1.19 bits per heavy atom. The summed E-state index contributed by atoms with van der Waals surface area (Å²) in [6.07, 6.45) is 0. The maximum atomic E-state index is 2.51. The standard InChI is InChI=1S/C77H52N2/c1-49-34-40-53(41-35-49)77(54-42-36-50(2)37-43-54)69-30-12-9-24-65(69)76-66(29-17-31-70(76)77)75-63-27-15-25-57(51-38-44-61-59-22-10-13-32-71(59)78(73(61)46-51)55-18-5-3-6-19-55)67(63)48-68-58(26-16-28-64(68)75)52-39-45-62-60-23-11-14-33-72(60)79(74(62)47-52)56-20-7-4-8-21-56/h3-48H,1-2H3. The van der Waals surface area contributed by atoms with E-state index < -0.39 is 5.41 Å². The number of benzene rings is 13. The van der Waals surface area contributed by atoms with Gasteiger partial charge in [-0.1, -0.05) is 236 Å². The minimum Gasteiger partial charge on any atom is -0.309 e. The van der Waals surface area contributed by atoms with Crippen molar-refractivity contribution in [1.82, 2.24) is 9.13 Å². The van der Waals surface area contributed by atoms with Crippen molar-refractivity contribution < 1.29 is 0 Å². The Bertz CT molecular complexity index is 4680. The van der Waals surface area contributed by atoms with Crippen molar-refractivity contribution >= 4 is 65.2 Å². The summed E-state index contributed by atoms with van der Waals surface area (Å²) in [5, 5.41) is 9.85. The third kappa shape index (κ3) is 6.65. The maximum absolute atomic E-state index is 2.51. The quantitative estimate of drug-likeness (QED) is 0.141. The summed E-state index contributed by atoms with van der Waals surface area (Å²) in [5.74, 6) is 0. The molecule has 0 unspecified atom stereocenters. The zero-order chi connectivity index (χ0) is 52.3. The van der Waals surface area contributed by atoms with Crippen molar-refractivity contribution in [3.05, 3.63) is 312 Å². The van der Waals surface area contributed by atoms with Crippen molar-refractivity contribution in [2.24, 2.45) is 0 Å². The van der Waals surface area contributed by atoms with Crippen LogP contribution < -0.4 is 0 Å². The molecule has 0 N–H and O–H groups in total. The van der Waals surface area contributed by atoms with Crippen molar-refractivity contribution in [3.8, 4) is 55.9 Å². The second-order valence-electron chi connectivity index (χ2n) is 21.6. The molecule has 2 aromatic heterocycles. The highest BCUT2D eigenvalue weighted by Crippen LogP contribution is 2.59. The first kappa shape index (κ1) is 45.2. The minimum atomic E-state index is -0.556. The van der Waals surface area contributed by atoms with E-state index in [1.165, 1.54) is 143 Å². The van der Waals surface area contributed by atoms with Crippen LogP contribution in [0.1, 0.15) is 33.4 Å². The van der Waals surface area contributed by atoms with Crippen LogP contribution in [-0.2, 0) is 5.41 Å². The van der Waals surface area contributed by atoms with Crippen LogP contribution in [0.4, 0.5) is 0 Å². The van der Waals surface area contributed by atoms with E-state index in [0.29, 0.717) is 0 Å². The summed E-state index contributed by atoms with van der Waals surface area (Å²) in [6.45, 7) is 4.38. The molecule has 0 saturated carbocycles. The molecule has 2 heterocycles. The molecule has 0 fully saturated rings. The number of hydrogen-bond acceptors (Lipinski definition) is 0. The van der Waals surface area contributed by atoms with Gasteiger partial charge in [0.25, 0.3) is 0 Å². The first-order valence-corrected chi connectivity index (χ1v) is 27.6. The van der Waals surface area contributed by atoms with Gasteiger partial charge in [-0.05, 0) is 157 Å². The lowest BCUT2D eigenvalue weighted by atomic mass is 9.67. The zero-order valence-corrected chi connectivity index (χ0v) is 44.0. The van der Waals surface area contributed by atoms with Crippen LogP contribution in [0.15, 0.2) is 279 Å². The van der Waals surface area contributed by atoms with Gasteiger partial charge in [-0.15, -0.1) is 0 Å². The number of rotatable bonds is 7. The van der Waals surface area contributed by atoms with Gasteiger partial charge in [0.1, 0.15) is 0 Å². The molecule has 1 aliphatic rings. The van der Waals surface area contributed by atoms with Gasteiger partial charge in [0.05, 0.1) is 27.5 Å². The summed E-state index contributed by atoms with van der Waals surface area (Å²) in [7, 11) is 0. The largest absolute Gasteiger partial charge is 0.309 e. The minimum absolute atomic E-state index is 0.556. The van der Waals surface area contributed by atoms with Crippen LogP contribution in [0.3, 0.4) is 0 Å². The fraction of sp³-hybridized carbons (Fsp3) is 0.0390. The fourth-order valence-corrected chi connectivity index (χ4v) is 13.9. The second kappa shape index (κ2) is 17.5. The van der Waals surface area contributed by atoms with E-state index in [-0.39, 0.29) is 0 Å². The van der Waals surface area contributed by atoms with Crippen molar-refractivity contribution in [3.63, 3.8) is 0 Å². The SMILES string of the molecule is Cc1ccc(C2(c3ccc(C)cc3)c3ccccc3-c3c(-c4c5cccc(-c6ccc7c8ccccc8n(-c8ccccc8)c7c6)c5cc5c(-c6ccc7c8ccccc8n(-c8ccccc8)c7c6)cccc45)cccc32)cc1. The van der Waals surface area contributed by atoms with Crippen LogP contribution >= 0.6 is 0 Å². The molecule has 2 heteroatoms. The fourth-order valence-electron chi connectivity index (χ4n) is 13.9. The molecule has 0 atom stereocenters. The van der Waals surface area contributed by atoms with E-state index in [1.54, 1.807) is 0 Å². The molecule has 2 nitrogen and oxygen atoms in total. The molecular weight excluding hydrogens is 953 g/mol. The Hall–Kier alpha value is -10.0. The van der Waals surface area contributed by atoms with Gasteiger partial charge < -0.3 is 9.13 Å². The second-order valence-corrected chi connectivity index (χ2v) is 21.6. The molecule has 0 amide bonds. The molecule has 1 aliphatic carbocycles. The number of aromatic nitrogens is 2. The van der Waals surface area contributed by atoms with Crippen LogP contribution in [0.25, 0.3) is 121 Å². The van der Waals surface area contributed by atoms with E-state index in [9.17, 15) is 0 Å². The highest BCUT2D eigenvalue weighted by molar-refractivity contribution is 6.22. The zero-order valence-electron chi connectivity index (χ0n) is 44.0. The van der Waals surface area contributed by atoms with E-state index in [0.717, 1.165) is 11.4 Å². The van der Waals surface area contributed by atoms with Gasteiger partial charge in [-0.2, -0.15) is 0 Å². The number of fused-ring (bicyclic) bond motifs is 11. The predicted octanol–water partition coefficient (Wildman–Crippen LogP) is 20.2. The Morgan fingerprint density at radius 2 is 0.658 bits per heavy atom. The normalized spacial score (nSPS) is 12.8. The number of hydrogen-bond donors (Lipinski definition) is 0. The number of nitrogens with zero attached hydrogens (tertiary/aromatic N) is 2. The van der Waals surface area contributed by atoms with Crippen LogP contribution in [-0.4, -0.2) is 9.13 Å². The molecule has 15 aromatic rings. The Labute approximate surface area is 459 Å². The Morgan fingerprint density at radius 1 is 0.253 bits per heavy atom. The molecule has 0 radical (unpaired) electrons. The van der Waals surface area contributed by atoms with Gasteiger partial charge >= 0.3 is 0 Å². The summed E-state index contributed by atoms with van der Waals surface area (Å²) in [5.41, 5.74) is 23.9. The average molecular weight is 1010 g/mol. The van der Waals surface area contributed by atoms with E-state index in [4.69, 9.17) is 0 Å². The molecule has 0 saturated heterocycles. The summed E-state index contributed by atoms with van der Waals surface area (Å²) < 4.78 is 4.87. The molecule has 0 aliphatic heterocycles.